The molecule has 0 fully saturated rings. The van der Waals surface area contributed by atoms with Crippen LogP contribution in [0.4, 0.5) is 0 Å². The van der Waals surface area contributed by atoms with Gasteiger partial charge in [0.05, 0.1) is 11.6 Å². The van der Waals surface area contributed by atoms with Gasteiger partial charge in [0, 0.05) is 5.70 Å². The average Bonchev–Trinajstić information content (AvgIpc) is 2.25. The number of rotatable bonds is 2. The molecule has 1 atom stereocenters. The molecule has 0 amide bonds. The number of aliphatic hydroxyl groups is 1. The largest absolute Gasteiger partial charge is 0.509 e. The van der Waals surface area contributed by atoms with Gasteiger partial charge in [-0.05, 0) is 13.3 Å². The Morgan fingerprint density at radius 3 is 2.58 bits per heavy atom. The summed E-state index contributed by atoms with van der Waals surface area (Å²) in [7, 11) is 0. The van der Waals surface area contributed by atoms with Gasteiger partial charge < -0.3 is 10.4 Å². The van der Waals surface area contributed by atoms with Crippen molar-refractivity contribution in [3.05, 3.63) is 23.6 Å². The minimum Gasteiger partial charge on any atom is -0.509 e. The Bertz CT molecular complexity index is 266. The number of aliphatic hydroxyl groups excluding tert-OH is 1. The van der Waals surface area contributed by atoms with Crippen LogP contribution in [0.1, 0.15) is 20.3 Å². The zero-order valence-electron chi connectivity index (χ0n) is 7.35. The molecule has 0 aromatic carbocycles. The highest BCUT2D eigenvalue weighted by atomic mass is 16.3. The second-order valence-electron chi connectivity index (χ2n) is 2.90. The van der Waals surface area contributed by atoms with Crippen LogP contribution in [0.2, 0.25) is 0 Å². The molecule has 3 nitrogen and oxygen atoms in total. The van der Waals surface area contributed by atoms with Crippen molar-refractivity contribution >= 4 is 5.78 Å². The van der Waals surface area contributed by atoms with Crippen molar-refractivity contribution in [1.29, 1.82) is 0 Å². The van der Waals surface area contributed by atoms with E-state index in [-0.39, 0.29) is 17.6 Å². The number of ketones is 1. The fourth-order valence-electron chi connectivity index (χ4n) is 1.37. The lowest BCUT2D eigenvalue weighted by atomic mass is 10.1. The van der Waals surface area contributed by atoms with Crippen LogP contribution in [-0.2, 0) is 4.79 Å². The van der Waals surface area contributed by atoms with Crippen LogP contribution < -0.4 is 5.32 Å². The van der Waals surface area contributed by atoms with Gasteiger partial charge in [-0.2, -0.15) is 0 Å². The van der Waals surface area contributed by atoms with E-state index in [2.05, 4.69) is 11.9 Å². The number of allylic oxidation sites excluding steroid dienone is 1. The summed E-state index contributed by atoms with van der Waals surface area (Å²) in [6, 6.07) is -0.128. The zero-order valence-corrected chi connectivity index (χ0v) is 7.35. The lowest BCUT2D eigenvalue weighted by Gasteiger charge is -2.07. The maximum Gasteiger partial charge on any atom is 0.165 e. The van der Waals surface area contributed by atoms with E-state index >= 15 is 0 Å². The predicted octanol–water partition coefficient (Wildman–Crippen LogP) is 1.28. The first-order valence-corrected chi connectivity index (χ1v) is 3.97. The molecule has 0 aromatic heterocycles. The maximum absolute atomic E-state index is 11.0. The van der Waals surface area contributed by atoms with E-state index in [1.54, 1.807) is 0 Å². The van der Waals surface area contributed by atoms with Crippen molar-refractivity contribution in [2.45, 2.75) is 26.3 Å². The maximum atomic E-state index is 11.0. The van der Waals surface area contributed by atoms with Gasteiger partial charge in [0.15, 0.2) is 5.78 Å². The smallest absolute Gasteiger partial charge is 0.165 e. The third-order valence-electron chi connectivity index (χ3n) is 2.00. The summed E-state index contributed by atoms with van der Waals surface area (Å²) in [6.07, 6.45) is 0.752. The van der Waals surface area contributed by atoms with Crippen LogP contribution in [0.15, 0.2) is 23.6 Å². The highest BCUT2D eigenvalue weighted by Crippen LogP contribution is 2.23. The number of hydrogen-bond acceptors (Lipinski definition) is 3. The van der Waals surface area contributed by atoms with E-state index < -0.39 is 0 Å². The standard InChI is InChI=1S/C9H13NO2/c1-4-7-9(12)8(6(3)11)5(2)10-7/h7,10,12H,2,4H2,1,3H3. The number of carbonyl (C=O) groups is 1. The van der Waals surface area contributed by atoms with E-state index in [9.17, 15) is 9.90 Å². The van der Waals surface area contributed by atoms with Crippen LogP contribution in [-0.4, -0.2) is 16.9 Å². The van der Waals surface area contributed by atoms with Crippen molar-refractivity contribution in [2.24, 2.45) is 0 Å². The van der Waals surface area contributed by atoms with E-state index in [4.69, 9.17) is 0 Å². The second-order valence-corrected chi connectivity index (χ2v) is 2.90. The quantitative estimate of drug-likeness (QED) is 0.651. The van der Waals surface area contributed by atoms with E-state index in [1.165, 1.54) is 6.92 Å². The fraction of sp³-hybridized carbons (Fsp3) is 0.444. The third-order valence-corrected chi connectivity index (χ3v) is 2.00. The first-order valence-electron chi connectivity index (χ1n) is 3.97. The van der Waals surface area contributed by atoms with Crippen LogP contribution in [0.3, 0.4) is 0 Å². The van der Waals surface area contributed by atoms with Crippen molar-refractivity contribution in [2.75, 3.05) is 0 Å². The highest BCUT2D eigenvalue weighted by molar-refractivity contribution is 5.98. The summed E-state index contributed by atoms with van der Waals surface area (Å²) < 4.78 is 0. The monoisotopic (exact) mass is 167 g/mol. The Hall–Kier alpha value is -1.25. The molecule has 66 valence electrons. The predicted molar refractivity (Wildman–Crippen MR) is 46.7 cm³/mol. The first kappa shape index (κ1) is 8.84. The number of hydrogen-bond donors (Lipinski definition) is 2. The van der Waals surface area contributed by atoms with E-state index in [1.807, 2.05) is 6.92 Å². The normalized spacial score (nSPS) is 22.8. The molecule has 0 bridgehead atoms. The molecule has 0 aromatic rings. The Morgan fingerprint density at radius 2 is 2.33 bits per heavy atom. The van der Waals surface area contributed by atoms with E-state index in [0.717, 1.165) is 6.42 Å². The number of Topliss-reactive ketones (excluding diaryl/α,β-unsaturated/α-hetero) is 1. The third kappa shape index (κ3) is 1.22. The minimum atomic E-state index is -0.138. The molecular weight excluding hydrogens is 154 g/mol. The summed E-state index contributed by atoms with van der Waals surface area (Å²) >= 11 is 0. The van der Waals surface area contributed by atoms with E-state index in [0.29, 0.717) is 11.3 Å². The van der Waals surface area contributed by atoms with Crippen molar-refractivity contribution in [3.8, 4) is 0 Å². The Balaban J connectivity index is 3.01. The molecule has 0 spiro atoms. The summed E-state index contributed by atoms with van der Waals surface area (Å²) in [5, 5.41) is 12.5. The van der Waals surface area contributed by atoms with Crippen molar-refractivity contribution in [3.63, 3.8) is 0 Å². The number of carbonyl (C=O) groups excluding carboxylic acids is 1. The Labute approximate surface area is 71.8 Å². The molecular formula is C9H13NO2. The topological polar surface area (TPSA) is 49.3 Å². The van der Waals surface area contributed by atoms with Gasteiger partial charge >= 0.3 is 0 Å². The summed E-state index contributed by atoms with van der Waals surface area (Å²) in [6.45, 7) is 7.02. The van der Waals surface area contributed by atoms with Crippen LogP contribution >= 0.6 is 0 Å². The SMILES string of the molecule is C=C1NC(CC)C(O)=C1C(C)=O. The lowest BCUT2D eigenvalue weighted by molar-refractivity contribution is -0.113. The van der Waals surface area contributed by atoms with Crippen molar-refractivity contribution in [1.82, 2.24) is 5.32 Å². The molecule has 2 N–H and O–H groups in total. The highest BCUT2D eigenvalue weighted by Gasteiger charge is 2.28. The molecule has 1 aliphatic rings. The van der Waals surface area contributed by atoms with Crippen LogP contribution in [0, 0.1) is 0 Å². The molecule has 0 aliphatic carbocycles. The zero-order chi connectivity index (χ0) is 9.30. The second kappa shape index (κ2) is 3.01. The van der Waals surface area contributed by atoms with Gasteiger partial charge in [-0.15, -0.1) is 0 Å². The van der Waals surface area contributed by atoms with Gasteiger partial charge in [-0.25, -0.2) is 0 Å². The molecule has 0 radical (unpaired) electrons. The van der Waals surface area contributed by atoms with Gasteiger partial charge in [0.25, 0.3) is 0 Å². The molecule has 1 rings (SSSR count). The molecule has 3 heteroatoms. The molecule has 1 heterocycles. The summed E-state index contributed by atoms with van der Waals surface area (Å²) in [5.41, 5.74) is 0.883. The summed E-state index contributed by atoms with van der Waals surface area (Å²) in [4.78, 5) is 11.0. The van der Waals surface area contributed by atoms with Gasteiger partial charge in [-0.3, -0.25) is 4.79 Å². The molecule has 1 aliphatic heterocycles. The molecule has 1 unspecified atom stereocenters. The van der Waals surface area contributed by atoms with Crippen LogP contribution in [0.25, 0.3) is 0 Å². The van der Waals surface area contributed by atoms with Gasteiger partial charge in [-0.1, -0.05) is 13.5 Å². The summed E-state index contributed by atoms with van der Waals surface area (Å²) in [5.74, 6) is -0.00375. The lowest BCUT2D eigenvalue weighted by Crippen LogP contribution is -2.22. The molecule has 12 heavy (non-hydrogen) atoms. The average molecular weight is 167 g/mol. The minimum absolute atomic E-state index is 0.128. The fourth-order valence-corrected chi connectivity index (χ4v) is 1.37. The first-order chi connectivity index (χ1) is 5.57. The number of nitrogens with one attached hydrogen (secondary N) is 1. The van der Waals surface area contributed by atoms with Gasteiger partial charge in [0.2, 0.25) is 0 Å². The molecule has 0 saturated carbocycles. The Morgan fingerprint density at radius 1 is 1.75 bits per heavy atom. The molecule has 0 saturated heterocycles. The van der Waals surface area contributed by atoms with Gasteiger partial charge in [0.1, 0.15) is 5.76 Å². The van der Waals surface area contributed by atoms with Crippen LogP contribution in [0.5, 0.6) is 0 Å². The Kier molecular flexibility index (Phi) is 2.22. The van der Waals surface area contributed by atoms with Crippen molar-refractivity contribution < 1.29 is 9.90 Å².